The molecule has 0 amide bonds. The van der Waals surface area contributed by atoms with E-state index in [4.69, 9.17) is 15.1 Å². The number of benzene rings is 1. The van der Waals surface area contributed by atoms with Gasteiger partial charge >= 0.3 is 11.9 Å². The predicted octanol–water partition coefficient (Wildman–Crippen LogP) is 1.09. The van der Waals surface area contributed by atoms with E-state index < -0.39 is 24.2 Å². The Morgan fingerprint density at radius 3 is 2.61 bits per heavy atom. The third-order valence-corrected chi connectivity index (χ3v) is 1.89. The van der Waals surface area contributed by atoms with E-state index in [2.05, 4.69) is 4.74 Å². The number of carbonyl (C=O) groups excluding carboxylic acids is 1. The van der Waals surface area contributed by atoms with Crippen LogP contribution in [0.5, 0.6) is 11.5 Å². The van der Waals surface area contributed by atoms with Crippen LogP contribution in [0.3, 0.4) is 0 Å². The van der Waals surface area contributed by atoms with Gasteiger partial charge in [0.1, 0.15) is 18.3 Å². The lowest BCUT2D eigenvalue weighted by Gasteiger charge is -2.09. The third-order valence-electron chi connectivity index (χ3n) is 1.89. The maximum Gasteiger partial charge on any atom is 0.322 e. The monoisotopic (exact) mass is 253 g/mol. The Bertz CT molecular complexity index is 535. The molecule has 0 saturated heterocycles. The SMILES string of the molecule is COc1cc(C#N)c(F)cc1OC(=O)CC(=O)O. The largest absolute Gasteiger partial charge is 0.493 e. The van der Waals surface area contributed by atoms with E-state index in [9.17, 15) is 14.0 Å². The van der Waals surface area contributed by atoms with Gasteiger partial charge in [-0.05, 0) is 0 Å². The van der Waals surface area contributed by atoms with Gasteiger partial charge in [0.05, 0.1) is 12.7 Å². The fourth-order valence-corrected chi connectivity index (χ4v) is 1.14. The van der Waals surface area contributed by atoms with Crippen molar-refractivity contribution in [3.8, 4) is 17.6 Å². The predicted molar refractivity (Wildman–Crippen MR) is 55.6 cm³/mol. The van der Waals surface area contributed by atoms with Crippen LogP contribution < -0.4 is 9.47 Å². The summed E-state index contributed by atoms with van der Waals surface area (Å²) in [5, 5.41) is 17.0. The summed E-state index contributed by atoms with van der Waals surface area (Å²) >= 11 is 0. The lowest BCUT2D eigenvalue weighted by atomic mass is 10.2. The van der Waals surface area contributed by atoms with Gasteiger partial charge in [0.15, 0.2) is 11.5 Å². The first-order valence-corrected chi connectivity index (χ1v) is 4.68. The molecule has 0 radical (unpaired) electrons. The first-order chi connectivity index (χ1) is 8.47. The second-order valence-electron chi connectivity index (χ2n) is 3.14. The molecule has 0 aliphatic rings. The number of carboxylic acid groups (broad SMARTS) is 1. The number of halogens is 1. The zero-order valence-corrected chi connectivity index (χ0v) is 9.27. The third kappa shape index (κ3) is 3.18. The number of carboxylic acids is 1. The van der Waals surface area contributed by atoms with E-state index in [1.165, 1.54) is 7.11 Å². The van der Waals surface area contributed by atoms with Crippen molar-refractivity contribution in [2.45, 2.75) is 6.42 Å². The van der Waals surface area contributed by atoms with Crippen LogP contribution in [0.15, 0.2) is 12.1 Å². The highest BCUT2D eigenvalue weighted by atomic mass is 19.1. The van der Waals surface area contributed by atoms with E-state index in [0.717, 1.165) is 12.1 Å². The van der Waals surface area contributed by atoms with Crippen LogP contribution in [0.1, 0.15) is 12.0 Å². The lowest BCUT2D eigenvalue weighted by Crippen LogP contribution is -2.14. The van der Waals surface area contributed by atoms with Crippen LogP contribution in [0.2, 0.25) is 0 Å². The summed E-state index contributed by atoms with van der Waals surface area (Å²) in [7, 11) is 1.24. The highest BCUT2D eigenvalue weighted by molar-refractivity contribution is 5.91. The molecule has 0 heterocycles. The molecule has 1 aromatic rings. The number of esters is 1. The summed E-state index contributed by atoms with van der Waals surface area (Å²) in [5.41, 5.74) is -0.273. The Kier molecular flexibility index (Phi) is 4.21. The Balaban J connectivity index is 3.02. The Hall–Kier alpha value is -2.62. The molecule has 0 bridgehead atoms. The van der Waals surface area contributed by atoms with Gasteiger partial charge in [-0.2, -0.15) is 5.26 Å². The topological polar surface area (TPSA) is 96.6 Å². The number of nitriles is 1. The molecule has 18 heavy (non-hydrogen) atoms. The Labute approximate surface area is 101 Å². The average Bonchev–Trinajstić information content (AvgIpc) is 2.28. The molecular weight excluding hydrogens is 245 g/mol. The first kappa shape index (κ1) is 13.4. The molecule has 7 heteroatoms. The van der Waals surface area contributed by atoms with Crippen LogP contribution in [0, 0.1) is 17.1 Å². The fourth-order valence-electron chi connectivity index (χ4n) is 1.14. The molecule has 0 spiro atoms. The van der Waals surface area contributed by atoms with Gasteiger partial charge in [-0.25, -0.2) is 4.39 Å². The van der Waals surface area contributed by atoms with Crippen molar-refractivity contribution in [3.63, 3.8) is 0 Å². The second-order valence-corrected chi connectivity index (χ2v) is 3.14. The molecule has 94 valence electrons. The molecule has 1 aromatic carbocycles. The summed E-state index contributed by atoms with van der Waals surface area (Å²) in [4.78, 5) is 21.4. The summed E-state index contributed by atoms with van der Waals surface area (Å²) in [5.74, 6) is -3.64. The van der Waals surface area contributed by atoms with Crippen molar-refractivity contribution in [1.29, 1.82) is 5.26 Å². The standard InChI is InChI=1S/C11H8FNO5/c1-17-8-2-6(5-13)7(12)3-9(8)18-11(16)4-10(14)15/h2-3H,4H2,1H3,(H,14,15). The number of rotatable bonds is 4. The van der Waals surface area contributed by atoms with Gasteiger partial charge in [0, 0.05) is 12.1 Å². The van der Waals surface area contributed by atoms with Crippen LogP contribution in [-0.2, 0) is 9.59 Å². The number of hydrogen-bond acceptors (Lipinski definition) is 5. The van der Waals surface area contributed by atoms with Crippen molar-refractivity contribution in [3.05, 3.63) is 23.5 Å². The van der Waals surface area contributed by atoms with Crippen LogP contribution in [-0.4, -0.2) is 24.2 Å². The molecule has 6 nitrogen and oxygen atoms in total. The molecule has 0 fully saturated rings. The van der Waals surface area contributed by atoms with Crippen LogP contribution >= 0.6 is 0 Å². The fraction of sp³-hybridized carbons (Fsp3) is 0.182. The Morgan fingerprint density at radius 1 is 1.44 bits per heavy atom. The molecule has 1 rings (SSSR count). The van der Waals surface area contributed by atoms with E-state index in [0.29, 0.717) is 0 Å². The number of nitrogens with zero attached hydrogens (tertiary/aromatic N) is 1. The highest BCUT2D eigenvalue weighted by Crippen LogP contribution is 2.30. The van der Waals surface area contributed by atoms with E-state index in [-0.39, 0.29) is 17.1 Å². The minimum Gasteiger partial charge on any atom is -0.493 e. The normalized spacial score (nSPS) is 9.39. The zero-order chi connectivity index (χ0) is 13.7. The molecule has 0 aliphatic heterocycles. The lowest BCUT2D eigenvalue weighted by molar-refractivity contribution is -0.145. The van der Waals surface area contributed by atoms with Crippen molar-refractivity contribution in [1.82, 2.24) is 0 Å². The van der Waals surface area contributed by atoms with Gasteiger partial charge in [-0.1, -0.05) is 0 Å². The van der Waals surface area contributed by atoms with Crippen molar-refractivity contribution < 1.29 is 28.6 Å². The average molecular weight is 253 g/mol. The zero-order valence-electron chi connectivity index (χ0n) is 9.27. The molecule has 0 saturated carbocycles. The molecular formula is C11H8FNO5. The van der Waals surface area contributed by atoms with E-state index in [1.54, 1.807) is 6.07 Å². The number of hydrogen-bond donors (Lipinski definition) is 1. The quantitative estimate of drug-likeness (QED) is 0.490. The van der Waals surface area contributed by atoms with Crippen molar-refractivity contribution >= 4 is 11.9 Å². The minimum absolute atomic E-state index is 0.0355. The van der Waals surface area contributed by atoms with E-state index in [1.807, 2.05) is 0 Å². The van der Waals surface area contributed by atoms with Crippen LogP contribution in [0.25, 0.3) is 0 Å². The summed E-state index contributed by atoms with van der Waals surface area (Å²) in [6.07, 6.45) is -0.856. The first-order valence-electron chi connectivity index (χ1n) is 4.68. The molecule has 0 aromatic heterocycles. The molecule has 0 atom stereocenters. The molecule has 1 N–H and O–H groups in total. The van der Waals surface area contributed by atoms with Gasteiger partial charge in [0.25, 0.3) is 0 Å². The van der Waals surface area contributed by atoms with Gasteiger partial charge in [0.2, 0.25) is 0 Å². The smallest absolute Gasteiger partial charge is 0.322 e. The summed E-state index contributed by atoms with van der Waals surface area (Å²) in [6, 6.07) is 3.44. The maximum atomic E-state index is 13.3. The second kappa shape index (κ2) is 5.63. The summed E-state index contributed by atoms with van der Waals surface area (Å²) in [6.45, 7) is 0. The number of carbonyl (C=O) groups is 2. The van der Waals surface area contributed by atoms with Gasteiger partial charge < -0.3 is 14.6 Å². The number of ether oxygens (including phenoxy) is 2. The highest BCUT2D eigenvalue weighted by Gasteiger charge is 2.16. The Morgan fingerprint density at radius 2 is 2.11 bits per heavy atom. The number of aliphatic carboxylic acids is 1. The van der Waals surface area contributed by atoms with Crippen LogP contribution in [0.4, 0.5) is 4.39 Å². The molecule has 0 unspecified atom stereocenters. The van der Waals surface area contributed by atoms with E-state index >= 15 is 0 Å². The van der Waals surface area contributed by atoms with Gasteiger partial charge in [-0.15, -0.1) is 0 Å². The summed E-state index contributed by atoms with van der Waals surface area (Å²) < 4.78 is 22.7. The minimum atomic E-state index is -1.37. The van der Waals surface area contributed by atoms with Gasteiger partial charge in [-0.3, -0.25) is 9.59 Å². The van der Waals surface area contributed by atoms with Crippen molar-refractivity contribution in [2.24, 2.45) is 0 Å². The maximum absolute atomic E-state index is 13.3. The number of methoxy groups -OCH3 is 1. The van der Waals surface area contributed by atoms with Crippen molar-refractivity contribution in [2.75, 3.05) is 7.11 Å². The molecule has 0 aliphatic carbocycles.